The second kappa shape index (κ2) is 9.81. The summed E-state index contributed by atoms with van der Waals surface area (Å²) in [5, 5.41) is 3.54. The van der Waals surface area contributed by atoms with Crippen LogP contribution in [-0.4, -0.2) is 66.3 Å². The molecule has 4 aliphatic rings. The van der Waals surface area contributed by atoms with Crippen molar-refractivity contribution in [3.63, 3.8) is 0 Å². The lowest BCUT2D eigenvalue weighted by Gasteiger charge is -2.61. The number of amides is 1. The Morgan fingerprint density at radius 2 is 1.81 bits per heavy atom. The second-order valence-corrected chi connectivity index (χ2v) is 13.2. The van der Waals surface area contributed by atoms with Crippen LogP contribution in [0.1, 0.15) is 28.8 Å². The summed E-state index contributed by atoms with van der Waals surface area (Å²) in [6.07, 6.45) is -7.95. The molecule has 1 aromatic carbocycles. The highest BCUT2D eigenvalue weighted by atomic mass is 32.1. The van der Waals surface area contributed by atoms with E-state index in [2.05, 4.69) is 10.3 Å². The number of carbonyl (C=O) groups is 1. The average molecular weight is 611 g/mol. The van der Waals surface area contributed by atoms with Gasteiger partial charge in [0.05, 0.1) is 36.4 Å². The molecule has 1 N–H and O–H groups in total. The third-order valence-corrected chi connectivity index (χ3v) is 10.0. The summed E-state index contributed by atoms with van der Waals surface area (Å²) in [5.74, 6) is 0.201. The van der Waals surface area contributed by atoms with Crippen molar-refractivity contribution >= 4 is 33.1 Å². The number of alkyl halides is 6. The van der Waals surface area contributed by atoms with E-state index in [4.69, 9.17) is 4.74 Å². The lowest BCUT2D eigenvalue weighted by molar-refractivity contribution is -0.149. The van der Waals surface area contributed by atoms with E-state index in [1.54, 1.807) is 9.80 Å². The molecule has 3 aliphatic heterocycles. The number of anilines is 1. The van der Waals surface area contributed by atoms with Gasteiger partial charge in [-0.05, 0) is 30.4 Å². The Labute approximate surface area is 241 Å². The maximum absolute atomic E-state index is 13.9. The minimum Gasteiger partial charge on any atom is -0.372 e. The monoisotopic (exact) mass is 610 g/mol. The molecule has 3 saturated heterocycles. The predicted molar refractivity (Wildman–Crippen MR) is 144 cm³/mol. The summed E-state index contributed by atoms with van der Waals surface area (Å²) >= 11 is 0.761. The number of likely N-dealkylation sites (tertiary alicyclic amines) is 1. The smallest absolute Gasteiger partial charge is 0.372 e. The van der Waals surface area contributed by atoms with Crippen LogP contribution in [0.25, 0.3) is 10.2 Å². The van der Waals surface area contributed by atoms with Crippen LogP contribution in [0, 0.1) is 11.3 Å². The lowest BCUT2D eigenvalue weighted by atomic mass is 9.72. The molecule has 7 rings (SSSR count). The summed E-state index contributed by atoms with van der Waals surface area (Å²) in [4.78, 5) is 20.6. The molecule has 2 aromatic heterocycles. The van der Waals surface area contributed by atoms with Gasteiger partial charge in [0.1, 0.15) is 4.83 Å². The standard InChI is InChI=1S/C29H28F6N4O2S/c30-28(31,32)9-18-8-19-24(20(29(33,34)35)10-36-25(19)42-18)38-12-27(13-38)14-39(15-27)26(40)23-17-6-21(37-23)22(7-17)41-11-16-4-2-1-3-5-16/h1-5,8,10,17,21-23,37H,6-7,9,11-15H2/t17-,21+,22+,23-/m1/s1. The number of hydrogen-bond donors (Lipinski definition) is 1. The van der Waals surface area contributed by atoms with Crippen molar-refractivity contribution in [2.75, 3.05) is 31.1 Å². The van der Waals surface area contributed by atoms with E-state index in [1.807, 2.05) is 30.3 Å². The molecule has 224 valence electrons. The van der Waals surface area contributed by atoms with Crippen molar-refractivity contribution in [1.29, 1.82) is 0 Å². The fourth-order valence-electron chi connectivity index (χ4n) is 7.18. The van der Waals surface area contributed by atoms with E-state index in [-0.39, 0.29) is 56.2 Å². The van der Waals surface area contributed by atoms with Crippen molar-refractivity contribution in [1.82, 2.24) is 15.2 Å². The first-order valence-corrected chi connectivity index (χ1v) is 14.7. The first kappa shape index (κ1) is 27.9. The van der Waals surface area contributed by atoms with Crippen molar-refractivity contribution < 1.29 is 35.9 Å². The van der Waals surface area contributed by atoms with Crippen LogP contribution in [0.15, 0.2) is 42.6 Å². The van der Waals surface area contributed by atoms with E-state index in [1.165, 1.54) is 6.07 Å². The molecule has 4 atom stereocenters. The van der Waals surface area contributed by atoms with Gasteiger partial charge in [0, 0.05) is 54.1 Å². The number of aromatic nitrogens is 1. The van der Waals surface area contributed by atoms with Crippen LogP contribution < -0.4 is 10.2 Å². The first-order chi connectivity index (χ1) is 19.9. The summed E-state index contributed by atoms with van der Waals surface area (Å²) in [6.45, 7) is 2.01. The van der Waals surface area contributed by atoms with Gasteiger partial charge in [0.2, 0.25) is 5.91 Å². The van der Waals surface area contributed by atoms with Crippen LogP contribution in [0.2, 0.25) is 0 Å². The van der Waals surface area contributed by atoms with Gasteiger partial charge in [-0.25, -0.2) is 4.98 Å². The Balaban J connectivity index is 0.980. The molecule has 5 heterocycles. The van der Waals surface area contributed by atoms with E-state index >= 15 is 0 Å². The quantitative estimate of drug-likeness (QED) is 0.379. The van der Waals surface area contributed by atoms with Gasteiger partial charge in [0.25, 0.3) is 0 Å². The number of carbonyl (C=O) groups excluding carboxylic acids is 1. The number of nitrogens with zero attached hydrogens (tertiary/aromatic N) is 3. The van der Waals surface area contributed by atoms with Gasteiger partial charge in [-0.1, -0.05) is 30.3 Å². The Hall–Kier alpha value is -2.90. The zero-order valence-corrected chi connectivity index (χ0v) is 23.2. The second-order valence-electron chi connectivity index (χ2n) is 12.1. The van der Waals surface area contributed by atoms with Gasteiger partial charge >= 0.3 is 12.4 Å². The SMILES string of the molecule is O=C([C@@H]1N[C@H]2C[C@@H]1C[C@@H]2OCc1ccccc1)N1CC2(C1)CN(c1c(C(F)(F)F)cnc3sc(CC(F)(F)F)cc13)C2. The minimum absolute atomic E-state index is 0.0185. The average Bonchev–Trinajstić information content (AvgIpc) is 3.58. The highest BCUT2D eigenvalue weighted by Crippen LogP contribution is 2.50. The summed E-state index contributed by atoms with van der Waals surface area (Å²) in [6, 6.07) is 10.9. The molecular weight excluding hydrogens is 582 g/mol. The fourth-order valence-corrected chi connectivity index (χ4v) is 8.21. The molecule has 2 bridgehead atoms. The maximum atomic E-state index is 13.9. The molecule has 13 heteroatoms. The summed E-state index contributed by atoms with van der Waals surface area (Å²) < 4.78 is 86.8. The number of ether oxygens (including phenoxy) is 1. The third kappa shape index (κ3) is 5.02. The highest BCUT2D eigenvalue weighted by Gasteiger charge is 2.57. The van der Waals surface area contributed by atoms with Gasteiger partial charge in [-0.2, -0.15) is 26.3 Å². The Kier molecular flexibility index (Phi) is 6.52. The molecule has 0 radical (unpaired) electrons. The van der Waals surface area contributed by atoms with Crippen molar-refractivity contribution in [2.24, 2.45) is 11.3 Å². The van der Waals surface area contributed by atoms with Crippen LogP contribution >= 0.6 is 11.3 Å². The molecule has 1 saturated carbocycles. The summed E-state index contributed by atoms with van der Waals surface area (Å²) in [5.41, 5.74) is -0.297. The van der Waals surface area contributed by atoms with Crippen LogP contribution in [-0.2, 0) is 28.7 Å². The van der Waals surface area contributed by atoms with Crippen LogP contribution in [0.4, 0.5) is 32.0 Å². The highest BCUT2D eigenvalue weighted by molar-refractivity contribution is 7.18. The van der Waals surface area contributed by atoms with Gasteiger partial charge in [-0.3, -0.25) is 4.79 Å². The lowest BCUT2D eigenvalue weighted by Crippen LogP contribution is -2.74. The van der Waals surface area contributed by atoms with Crippen LogP contribution in [0.3, 0.4) is 0 Å². The van der Waals surface area contributed by atoms with Gasteiger partial charge < -0.3 is 19.9 Å². The molecular formula is C29H28F6N4O2S. The Morgan fingerprint density at radius 1 is 1.07 bits per heavy atom. The minimum atomic E-state index is -4.71. The van der Waals surface area contributed by atoms with E-state index in [0.717, 1.165) is 29.7 Å². The largest absolute Gasteiger partial charge is 0.419 e. The number of nitrogens with one attached hydrogen (secondary N) is 1. The molecule has 4 fully saturated rings. The van der Waals surface area contributed by atoms with Crippen molar-refractivity contribution in [2.45, 2.75) is 56.4 Å². The molecule has 3 aromatic rings. The molecule has 1 amide bonds. The zero-order valence-electron chi connectivity index (χ0n) is 22.3. The van der Waals surface area contributed by atoms with Gasteiger partial charge in [-0.15, -0.1) is 11.3 Å². The van der Waals surface area contributed by atoms with Gasteiger partial charge in [0.15, 0.2) is 0 Å². The third-order valence-electron chi connectivity index (χ3n) is 8.98. The maximum Gasteiger partial charge on any atom is 0.419 e. The molecule has 1 spiro atoms. The fraction of sp³-hybridized carbons (Fsp3) is 0.517. The predicted octanol–water partition coefficient (Wildman–Crippen LogP) is 5.40. The first-order valence-electron chi connectivity index (χ1n) is 13.9. The Morgan fingerprint density at radius 3 is 2.45 bits per heavy atom. The van der Waals surface area contributed by atoms with E-state index in [9.17, 15) is 31.1 Å². The summed E-state index contributed by atoms with van der Waals surface area (Å²) in [7, 11) is 0. The molecule has 1 aliphatic carbocycles. The number of rotatable bonds is 6. The molecule has 6 nitrogen and oxygen atoms in total. The molecule has 0 unspecified atom stereocenters. The topological polar surface area (TPSA) is 57.7 Å². The van der Waals surface area contributed by atoms with Crippen molar-refractivity contribution in [3.8, 4) is 0 Å². The number of pyridine rings is 1. The Bertz CT molecular complexity index is 1500. The zero-order chi connectivity index (χ0) is 29.4. The van der Waals surface area contributed by atoms with E-state index in [0.29, 0.717) is 39.0 Å². The number of piperidine rings is 1. The van der Waals surface area contributed by atoms with Crippen molar-refractivity contribution in [3.05, 3.63) is 58.6 Å². The number of benzene rings is 1. The molecule has 42 heavy (non-hydrogen) atoms. The number of thiophene rings is 1. The van der Waals surface area contributed by atoms with Crippen LogP contribution in [0.5, 0.6) is 0 Å². The number of halogens is 6. The normalized spacial score (nSPS) is 26.6. The number of hydrogen-bond acceptors (Lipinski definition) is 6. The number of fused-ring (bicyclic) bond motifs is 3. The van der Waals surface area contributed by atoms with E-state index < -0.39 is 24.3 Å².